The zero-order chi connectivity index (χ0) is 12.4. The Morgan fingerprint density at radius 2 is 1.56 bits per heavy atom. The van der Waals surface area contributed by atoms with Gasteiger partial charge in [0, 0.05) is 22.1 Å². The van der Waals surface area contributed by atoms with Crippen molar-refractivity contribution in [1.82, 2.24) is 5.16 Å². The van der Waals surface area contributed by atoms with Crippen LogP contribution in [-0.2, 0) is 0 Å². The Hall–Kier alpha value is -2.00. The van der Waals surface area contributed by atoms with Gasteiger partial charge in [-0.05, 0) is 12.1 Å². The quantitative estimate of drug-likeness (QED) is 0.689. The zero-order valence-electron chi connectivity index (χ0n) is 9.58. The molecule has 0 bridgehead atoms. The van der Waals surface area contributed by atoms with Crippen molar-refractivity contribution in [1.29, 1.82) is 0 Å². The first-order valence-electron chi connectivity index (χ1n) is 5.64. The molecule has 0 aliphatic rings. The van der Waals surface area contributed by atoms with E-state index in [-0.39, 0.29) is 0 Å². The highest BCUT2D eigenvalue weighted by Gasteiger charge is 2.07. The molecular formula is C15H11NOS. The molecule has 0 atom stereocenters. The van der Waals surface area contributed by atoms with Crippen molar-refractivity contribution in [3.05, 3.63) is 60.7 Å². The molecule has 0 fully saturated rings. The molecule has 3 aromatic rings. The van der Waals surface area contributed by atoms with Gasteiger partial charge < -0.3 is 4.52 Å². The van der Waals surface area contributed by atoms with Crippen LogP contribution in [0.15, 0.2) is 70.1 Å². The third-order valence-corrected chi connectivity index (χ3v) is 3.03. The second kappa shape index (κ2) is 4.70. The number of thiol groups is 1. The molecule has 88 valence electrons. The molecule has 1 heterocycles. The smallest absolute Gasteiger partial charge is 0.167 e. The van der Waals surface area contributed by atoms with E-state index in [9.17, 15) is 0 Å². The molecule has 1 aromatic heterocycles. The van der Waals surface area contributed by atoms with Crippen molar-refractivity contribution in [2.75, 3.05) is 0 Å². The van der Waals surface area contributed by atoms with E-state index in [2.05, 4.69) is 17.8 Å². The van der Waals surface area contributed by atoms with Crippen LogP contribution in [-0.4, -0.2) is 5.16 Å². The van der Waals surface area contributed by atoms with Gasteiger partial charge in [-0.15, -0.1) is 12.6 Å². The van der Waals surface area contributed by atoms with Gasteiger partial charge in [0.15, 0.2) is 5.76 Å². The SMILES string of the molecule is Sc1ccc(-c2cc(-c3ccccc3)on2)cc1. The van der Waals surface area contributed by atoms with Crippen LogP contribution in [0.25, 0.3) is 22.6 Å². The van der Waals surface area contributed by atoms with Crippen molar-refractivity contribution in [2.24, 2.45) is 0 Å². The van der Waals surface area contributed by atoms with E-state index in [0.29, 0.717) is 0 Å². The molecule has 0 N–H and O–H groups in total. The lowest BCUT2D eigenvalue weighted by Gasteiger charge is -1.95. The fraction of sp³-hybridized carbons (Fsp3) is 0. The van der Waals surface area contributed by atoms with Crippen molar-refractivity contribution in [3.63, 3.8) is 0 Å². The lowest BCUT2D eigenvalue weighted by atomic mass is 10.1. The van der Waals surface area contributed by atoms with Gasteiger partial charge >= 0.3 is 0 Å². The van der Waals surface area contributed by atoms with Crippen LogP contribution in [0.5, 0.6) is 0 Å². The van der Waals surface area contributed by atoms with E-state index in [1.165, 1.54) is 0 Å². The molecule has 0 amide bonds. The van der Waals surface area contributed by atoms with E-state index in [1.54, 1.807) is 0 Å². The Balaban J connectivity index is 1.97. The van der Waals surface area contributed by atoms with Crippen molar-refractivity contribution in [2.45, 2.75) is 4.90 Å². The summed E-state index contributed by atoms with van der Waals surface area (Å²) in [5.41, 5.74) is 2.89. The fourth-order valence-corrected chi connectivity index (χ4v) is 1.93. The molecule has 2 aromatic carbocycles. The van der Waals surface area contributed by atoms with Crippen LogP contribution >= 0.6 is 12.6 Å². The molecule has 0 spiro atoms. The lowest BCUT2D eigenvalue weighted by molar-refractivity contribution is 0.435. The largest absolute Gasteiger partial charge is 0.356 e. The minimum absolute atomic E-state index is 0.778. The maximum Gasteiger partial charge on any atom is 0.167 e. The summed E-state index contributed by atoms with van der Waals surface area (Å²) >= 11 is 4.26. The van der Waals surface area contributed by atoms with Crippen LogP contribution in [0.3, 0.4) is 0 Å². The summed E-state index contributed by atoms with van der Waals surface area (Å²) in [6.07, 6.45) is 0. The Morgan fingerprint density at radius 3 is 2.28 bits per heavy atom. The predicted octanol–water partition coefficient (Wildman–Crippen LogP) is 4.30. The number of benzene rings is 2. The zero-order valence-corrected chi connectivity index (χ0v) is 10.5. The number of hydrogen-bond acceptors (Lipinski definition) is 3. The van der Waals surface area contributed by atoms with Gasteiger partial charge in [-0.3, -0.25) is 0 Å². The molecule has 3 heteroatoms. The van der Waals surface area contributed by atoms with Gasteiger partial charge in [0.05, 0.1) is 0 Å². The molecule has 0 radical (unpaired) electrons. The van der Waals surface area contributed by atoms with Crippen LogP contribution in [0.2, 0.25) is 0 Å². The molecule has 3 rings (SSSR count). The third-order valence-electron chi connectivity index (χ3n) is 2.73. The summed E-state index contributed by atoms with van der Waals surface area (Å²) in [5, 5.41) is 4.09. The van der Waals surface area contributed by atoms with Gasteiger partial charge in [0.2, 0.25) is 0 Å². The van der Waals surface area contributed by atoms with Crippen LogP contribution in [0.1, 0.15) is 0 Å². The van der Waals surface area contributed by atoms with Crippen LogP contribution in [0, 0.1) is 0 Å². The summed E-state index contributed by atoms with van der Waals surface area (Å²) in [4.78, 5) is 0.936. The van der Waals surface area contributed by atoms with E-state index >= 15 is 0 Å². The van der Waals surface area contributed by atoms with Crippen LogP contribution < -0.4 is 0 Å². The molecule has 18 heavy (non-hydrogen) atoms. The molecule has 0 aliphatic carbocycles. The van der Waals surface area contributed by atoms with Gasteiger partial charge in [-0.25, -0.2) is 0 Å². The molecule has 0 saturated heterocycles. The average molecular weight is 253 g/mol. The second-order valence-corrected chi connectivity index (χ2v) is 4.51. The van der Waals surface area contributed by atoms with Crippen molar-refractivity contribution < 1.29 is 4.52 Å². The first-order valence-corrected chi connectivity index (χ1v) is 6.09. The summed E-state index contributed by atoms with van der Waals surface area (Å²) in [7, 11) is 0. The predicted molar refractivity (Wildman–Crippen MR) is 74.6 cm³/mol. The molecule has 0 aliphatic heterocycles. The van der Waals surface area contributed by atoms with Crippen molar-refractivity contribution in [3.8, 4) is 22.6 Å². The van der Waals surface area contributed by atoms with E-state index < -0.39 is 0 Å². The summed E-state index contributed by atoms with van der Waals surface area (Å²) in [6.45, 7) is 0. The van der Waals surface area contributed by atoms with E-state index in [1.807, 2.05) is 60.7 Å². The first kappa shape index (κ1) is 11.1. The second-order valence-electron chi connectivity index (χ2n) is 3.99. The minimum Gasteiger partial charge on any atom is -0.356 e. The summed E-state index contributed by atoms with van der Waals surface area (Å²) in [6, 6.07) is 19.7. The maximum atomic E-state index is 5.37. The number of rotatable bonds is 2. The molecule has 0 unspecified atom stereocenters. The van der Waals surface area contributed by atoms with Crippen LogP contribution in [0.4, 0.5) is 0 Å². The minimum atomic E-state index is 0.778. The van der Waals surface area contributed by atoms with Gasteiger partial charge in [0.25, 0.3) is 0 Å². The first-order chi connectivity index (χ1) is 8.83. The normalized spacial score (nSPS) is 10.5. The number of hydrogen-bond donors (Lipinski definition) is 1. The Bertz CT molecular complexity index is 644. The molecule has 0 saturated carbocycles. The molecule has 2 nitrogen and oxygen atoms in total. The van der Waals surface area contributed by atoms with E-state index in [0.717, 1.165) is 27.5 Å². The average Bonchev–Trinajstić information content (AvgIpc) is 2.90. The van der Waals surface area contributed by atoms with Gasteiger partial charge in [0.1, 0.15) is 5.69 Å². The fourth-order valence-electron chi connectivity index (χ4n) is 1.78. The standard InChI is InChI=1S/C15H11NOS/c18-13-8-6-11(7-9-13)14-10-15(17-16-14)12-4-2-1-3-5-12/h1-10,18H. The lowest BCUT2D eigenvalue weighted by Crippen LogP contribution is -1.75. The third kappa shape index (κ3) is 2.17. The van der Waals surface area contributed by atoms with E-state index in [4.69, 9.17) is 4.52 Å². The molecular weight excluding hydrogens is 242 g/mol. The number of aromatic nitrogens is 1. The highest BCUT2D eigenvalue weighted by Crippen LogP contribution is 2.26. The highest BCUT2D eigenvalue weighted by molar-refractivity contribution is 7.80. The number of nitrogens with zero attached hydrogens (tertiary/aromatic N) is 1. The Labute approximate surface area is 111 Å². The highest BCUT2D eigenvalue weighted by atomic mass is 32.1. The topological polar surface area (TPSA) is 26.0 Å². The van der Waals surface area contributed by atoms with Gasteiger partial charge in [-0.1, -0.05) is 47.6 Å². The monoisotopic (exact) mass is 253 g/mol. The Kier molecular flexibility index (Phi) is 2.90. The summed E-state index contributed by atoms with van der Waals surface area (Å²) < 4.78 is 5.37. The van der Waals surface area contributed by atoms with Crippen molar-refractivity contribution >= 4 is 12.6 Å². The Morgan fingerprint density at radius 1 is 0.833 bits per heavy atom. The summed E-state index contributed by atoms with van der Waals surface area (Å²) in [5.74, 6) is 0.778. The maximum absolute atomic E-state index is 5.37. The van der Waals surface area contributed by atoms with Gasteiger partial charge in [-0.2, -0.15) is 0 Å².